The molecule has 0 bridgehead atoms. The summed E-state index contributed by atoms with van der Waals surface area (Å²) in [6, 6.07) is 10.7. The molecular formula is C21H18ClF3N2O2. The summed E-state index contributed by atoms with van der Waals surface area (Å²) in [7, 11) is 0. The lowest BCUT2D eigenvalue weighted by atomic mass is 10.1. The highest BCUT2D eigenvalue weighted by molar-refractivity contribution is 6.32. The van der Waals surface area contributed by atoms with Gasteiger partial charge in [-0.05, 0) is 55.3 Å². The summed E-state index contributed by atoms with van der Waals surface area (Å²) in [5.41, 5.74) is -0.779. The first kappa shape index (κ1) is 22.3. The molecule has 0 saturated carbocycles. The fourth-order valence-corrected chi connectivity index (χ4v) is 2.52. The molecule has 8 heteroatoms. The average Bonchev–Trinajstić information content (AvgIpc) is 2.67. The van der Waals surface area contributed by atoms with E-state index in [1.807, 2.05) is 13.8 Å². The van der Waals surface area contributed by atoms with Gasteiger partial charge < -0.3 is 10.1 Å². The van der Waals surface area contributed by atoms with E-state index in [-0.39, 0.29) is 17.4 Å². The molecule has 0 spiro atoms. The third-order valence-electron chi connectivity index (χ3n) is 3.98. The maximum absolute atomic E-state index is 12.8. The van der Waals surface area contributed by atoms with Gasteiger partial charge >= 0.3 is 6.18 Å². The summed E-state index contributed by atoms with van der Waals surface area (Å²) in [6.45, 7) is 3.87. The number of halogens is 4. The van der Waals surface area contributed by atoms with Crippen LogP contribution in [0.25, 0.3) is 6.08 Å². The van der Waals surface area contributed by atoms with Crippen LogP contribution in [-0.4, -0.2) is 12.0 Å². The van der Waals surface area contributed by atoms with E-state index in [1.54, 1.807) is 18.2 Å². The molecule has 0 aromatic heterocycles. The van der Waals surface area contributed by atoms with Crippen LogP contribution < -0.4 is 10.1 Å². The summed E-state index contributed by atoms with van der Waals surface area (Å²) in [6.07, 6.45) is -2.47. The van der Waals surface area contributed by atoms with Gasteiger partial charge in [0.2, 0.25) is 0 Å². The topological polar surface area (TPSA) is 62.1 Å². The lowest BCUT2D eigenvalue weighted by molar-refractivity contribution is -0.137. The zero-order valence-electron chi connectivity index (χ0n) is 15.7. The third-order valence-corrected chi connectivity index (χ3v) is 4.28. The quantitative estimate of drug-likeness (QED) is 0.453. The summed E-state index contributed by atoms with van der Waals surface area (Å²) < 4.78 is 44.0. The molecule has 1 N–H and O–H groups in total. The van der Waals surface area contributed by atoms with Gasteiger partial charge in [-0.3, -0.25) is 4.79 Å². The Labute approximate surface area is 171 Å². The Balaban J connectivity index is 2.20. The molecule has 0 heterocycles. The maximum atomic E-state index is 12.8. The normalized spacial score (nSPS) is 12.8. The number of rotatable bonds is 6. The highest BCUT2D eigenvalue weighted by Gasteiger charge is 2.30. The molecule has 2 rings (SSSR count). The van der Waals surface area contributed by atoms with Gasteiger partial charge in [0.05, 0.1) is 16.7 Å². The van der Waals surface area contributed by atoms with E-state index < -0.39 is 17.6 Å². The predicted molar refractivity (Wildman–Crippen MR) is 105 cm³/mol. The standard InChI is InChI=1S/C21H18ClF3N2O2/c1-3-13(2)29-19-8-7-14(10-18(19)22)9-15(12-26)20(28)27-17-6-4-5-16(11-17)21(23,24)25/h4-11,13H,3H2,1-2H3,(H,27,28)/b15-9-/t13-/m0/s1. The van der Waals surface area contributed by atoms with Gasteiger partial charge in [-0.1, -0.05) is 30.7 Å². The van der Waals surface area contributed by atoms with Crippen molar-refractivity contribution < 1.29 is 22.7 Å². The van der Waals surface area contributed by atoms with Crippen LogP contribution in [0, 0.1) is 11.3 Å². The number of carbonyl (C=O) groups excluding carboxylic acids is 1. The van der Waals surface area contributed by atoms with E-state index in [2.05, 4.69) is 5.32 Å². The Kier molecular flexibility index (Phi) is 7.29. The van der Waals surface area contributed by atoms with Crippen LogP contribution >= 0.6 is 11.6 Å². The van der Waals surface area contributed by atoms with Crippen molar-refractivity contribution in [3.8, 4) is 11.8 Å². The van der Waals surface area contributed by atoms with Crippen molar-refractivity contribution in [3.05, 3.63) is 64.2 Å². The van der Waals surface area contributed by atoms with Gasteiger partial charge in [-0.15, -0.1) is 0 Å². The first-order valence-corrected chi connectivity index (χ1v) is 9.08. The Morgan fingerprint density at radius 1 is 1.31 bits per heavy atom. The van der Waals surface area contributed by atoms with E-state index in [4.69, 9.17) is 16.3 Å². The molecule has 1 atom stereocenters. The lowest BCUT2D eigenvalue weighted by Crippen LogP contribution is -2.14. The summed E-state index contributed by atoms with van der Waals surface area (Å²) >= 11 is 6.18. The number of nitriles is 1. The molecule has 1 amide bonds. The fraction of sp³-hybridized carbons (Fsp3) is 0.238. The number of hydrogen-bond donors (Lipinski definition) is 1. The molecule has 0 aliphatic carbocycles. The van der Waals surface area contributed by atoms with Crippen LogP contribution in [0.2, 0.25) is 5.02 Å². The smallest absolute Gasteiger partial charge is 0.416 e. The van der Waals surface area contributed by atoms with Gasteiger partial charge in [0, 0.05) is 5.69 Å². The van der Waals surface area contributed by atoms with Crippen molar-refractivity contribution in [2.75, 3.05) is 5.32 Å². The van der Waals surface area contributed by atoms with Crippen LogP contribution in [0.15, 0.2) is 48.0 Å². The van der Waals surface area contributed by atoms with Crippen molar-refractivity contribution in [1.29, 1.82) is 5.26 Å². The first-order valence-electron chi connectivity index (χ1n) is 8.70. The molecule has 0 unspecified atom stereocenters. The first-order chi connectivity index (χ1) is 13.6. The number of benzene rings is 2. The largest absolute Gasteiger partial charge is 0.489 e. The van der Waals surface area contributed by atoms with E-state index in [1.165, 1.54) is 24.3 Å². The summed E-state index contributed by atoms with van der Waals surface area (Å²) in [4.78, 5) is 12.3. The minimum absolute atomic E-state index is 0.0261. The lowest BCUT2D eigenvalue weighted by Gasteiger charge is -2.14. The molecular weight excluding hydrogens is 405 g/mol. The predicted octanol–water partition coefficient (Wildman–Crippen LogP) is 6.08. The van der Waals surface area contributed by atoms with Gasteiger partial charge in [-0.25, -0.2) is 0 Å². The van der Waals surface area contributed by atoms with Crippen LogP contribution in [0.5, 0.6) is 5.75 Å². The number of amides is 1. The molecule has 29 heavy (non-hydrogen) atoms. The van der Waals surface area contributed by atoms with Crippen LogP contribution in [0.3, 0.4) is 0 Å². The highest BCUT2D eigenvalue weighted by Crippen LogP contribution is 2.31. The van der Waals surface area contributed by atoms with Crippen molar-refractivity contribution in [2.24, 2.45) is 0 Å². The zero-order chi connectivity index (χ0) is 21.6. The number of anilines is 1. The van der Waals surface area contributed by atoms with E-state index in [0.29, 0.717) is 16.3 Å². The Morgan fingerprint density at radius 3 is 2.62 bits per heavy atom. The highest BCUT2D eigenvalue weighted by atomic mass is 35.5. The monoisotopic (exact) mass is 422 g/mol. The minimum atomic E-state index is -4.54. The molecule has 0 aliphatic rings. The van der Waals surface area contributed by atoms with Crippen LogP contribution in [-0.2, 0) is 11.0 Å². The number of hydrogen-bond acceptors (Lipinski definition) is 3. The molecule has 152 valence electrons. The van der Waals surface area contributed by atoms with Crippen molar-refractivity contribution in [3.63, 3.8) is 0 Å². The van der Waals surface area contributed by atoms with E-state index in [9.17, 15) is 23.2 Å². The third kappa shape index (κ3) is 6.26. The average molecular weight is 423 g/mol. The summed E-state index contributed by atoms with van der Waals surface area (Å²) in [5, 5.41) is 11.9. The van der Waals surface area contributed by atoms with Crippen molar-refractivity contribution >= 4 is 29.3 Å². The molecule has 0 aliphatic heterocycles. The second-order valence-corrected chi connectivity index (χ2v) is 6.64. The SMILES string of the molecule is CC[C@H](C)Oc1ccc(/C=C(/C#N)C(=O)Nc2cccc(C(F)(F)F)c2)cc1Cl. The molecule has 0 fully saturated rings. The molecule has 0 radical (unpaired) electrons. The molecule has 4 nitrogen and oxygen atoms in total. The van der Waals surface area contributed by atoms with E-state index >= 15 is 0 Å². The molecule has 0 saturated heterocycles. The number of alkyl halides is 3. The number of nitrogens with zero attached hydrogens (tertiary/aromatic N) is 1. The Bertz CT molecular complexity index is 965. The number of carbonyl (C=O) groups is 1. The van der Waals surface area contributed by atoms with Gasteiger partial charge in [0.1, 0.15) is 17.4 Å². The van der Waals surface area contributed by atoms with Gasteiger partial charge in [-0.2, -0.15) is 18.4 Å². The Morgan fingerprint density at radius 2 is 2.03 bits per heavy atom. The molecule has 2 aromatic carbocycles. The van der Waals surface area contributed by atoms with Crippen LogP contribution in [0.4, 0.5) is 18.9 Å². The molecule has 2 aromatic rings. The van der Waals surface area contributed by atoms with E-state index in [0.717, 1.165) is 18.6 Å². The number of ether oxygens (including phenoxy) is 1. The van der Waals surface area contributed by atoms with Crippen molar-refractivity contribution in [1.82, 2.24) is 0 Å². The second kappa shape index (κ2) is 9.48. The fourth-order valence-electron chi connectivity index (χ4n) is 2.29. The zero-order valence-corrected chi connectivity index (χ0v) is 16.4. The second-order valence-electron chi connectivity index (χ2n) is 6.23. The summed E-state index contributed by atoms with van der Waals surface area (Å²) in [5.74, 6) is -0.354. The minimum Gasteiger partial charge on any atom is -0.489 e. The van der Waals surface area contributed by atoms with Gasteiger partial charge in [0.15, 0.2) is 0 Å². The van der Waals surface area contributed by atoms with Gasteiger partial charge in [0.25, 0.3) is 5.91 Å². The van der Waals surface area contributed by atoms with Crippen LogP contribution in [0.1, 0.15) is 31.4 Å². The van der Waals surface area contributed by atoms with Crippen molar-refractivity contribution in [2.45, 2.75) is 32.5 Å². The Hall–Kier alpha value is -2.98. The maximum Gasteiger partial charge on any atom is 0.416 e. The number of nitrogens with one attached hydrogen (secondary N) is 1.